The van der Waals surface area contributed by atoms with Crippen LogP contribution in [0, 0.1) is 0 Å². The van der Waals surface area contributed by atoms with Gasteiger partial charge in [0, 0.05) is 30.9 Å². The fraction of sp³-hybridized carbons (Fsp3) is 0.533. The first-order valence-corrected chi connectivity index (χ1v) is 7.06. The lowest BCUT2D eigenvalue weighted by Gasteiger charge is -2.35. The van der Waals surface area contributed by atoms with Gasteiger partial charge < -0.3 is 15.8 Å². The summed E-state index contributed by atoms with van der Waals surface area (Å²) in [6, 6.07) is 7.46. The standard InChI is InChI=1S/C15H23N3O2/c1-11(12(2)18-7-9-20-10-8-18)17-15(19)13-5-3-4-6-14(13)16/h3-6,11-12H,7-10,16H2,1-2H3,(H,17,19). The lowest BCUT2D eigenvalue weighted by atomic mass is 10.1. The minimum Gasteiger partial charge on any atom is -0.398 e. The summed E-state index contributed by atoms with van der Waals surface area (Å²) in [6.07, 6.45) is 0. The highest BCUT2D eigenvalue weighted by Gasteiger charge is 2.23. The van der Waals surface area contributed by atoms with Crippen molar-refractivity contribution in [1.29, 1.82) is 0 Å². The highest BCUT2D eigenvalue weighted by Crippen LogP contribution is 2.12. The average molecular weight is 277 g/mol. The fourth-order valence-corrected chi connectivity index (χ4v) is 2.41. The van der Waals surface area contributed by atoms with Gasteiger partial charge in [0.1, 0.15) is 0 Å². The Morgan fingerprint density at radius 1 is 1.30 bits per heavy atom. The Morgan fingerprint density at radius 2 is 1.95 bits per heavy atom. The monoisotopic (exact) mass is 277 g/mol. The van der Waals surface area contributed by atoms with Crippen molar-refractivity contribution in [2.45, 2.75) is 25.9 Å². The van der Waals surface area contributed by atoms with Gasteiger partial charge in [-0.2, -0.15) is 0 Å². The van der Waals surface area contributed by atoms with Gasteiger partial charge in [-0.05, 0) is 26.0 Å². The lowest BCUT2D eigenvalue weighted by molar-refractivity contribution is 0.0137. The van der Waals surface area contributed by atoms with Crippen LogP contribution in [0.4, 0.5) is 5.69 Å². The van der Waals surface area contributed by atoms with Crippen molar-refractivity contribution in [1.82, 2.24) is 10.2 Å². The second-order valence-electron chi connectivity index (χ2n) is 5.24. The quantitative estimate of drug-likeness (QED) is 0.809. The minimum absolute atomic E-state index is 0.0557. The van der Waals surface area contributed by atoms with Gasteiger partial charge in [-0.25, -0.2) is 0 Å². The number of hydrogen-bond donors (Lipinski definition) is 2. The smallest absolute Gasteiger partial charge is 0.253 e. The van der Waals surface area contributed by atoms with Crippen LogP contribution in [-0.2, 0) is 4.74 Å². The third-order valence-corrected chi connectivity index (χ3v) is 3.91. The summed E-state index contributed by atoms with van der Waals surface area (Å²) in [5.74, 6) is -0.115. The molecule has 0 bridgehead atoms. The number of carbonyl (C=O) groups excluding carboxylic acids is 1. The Morgan fingerprint density at radius 3 is 2.60 bits per heavy atom. The molecule has 5 nitrogen and oxygen atoms in total. The van der Waals surface area contributed by atoms with Crippen LogP contribution < -0.4 is 11.1 Å². The molecular formula is C15H23N3O2. The SMILES string of the molecule is CC(NC(=O)c1ccccc1N)C(C)N1CCOCC1. The predicted octanol–water partition coefficient (Wildman–Crippen LogP) is 1.11. The molecule has 110 valence electrons. The van der Waals surface area contributed by atoms with Gasteiger partial charge in [0.15, 0.2) is 0 Å². The van der Waals surface area contributed by atoms with E-state index in [-0.39, 0.29) is 18.0 Å². The number of morpholine rings is 1. The number of rotatable bonds is 4. The molecule has 0 radical (unpaired) electrons. The molecule has 1 amide bonds. The van der Waals surface area contributed by atoms with Crippen LogP contribution in [0.3, 0.4) is 0 Å². The number of ether oxygens (including phenoxy) is 1. The first-order valence-electron chi connectivity index (χ1n) is 7.06. The van der Waals surface area contributed by atoms with Crippen LogP contribution in [0.1, 0.15) is 24.2 Å². The van der Waals surface area contributed by atoms with E-state index < -0.39 is 0 Å². The molecule has 0 aromatic heterocycles. The zero-order chi connectivity index (χ0) is 14.5. The Hall–Kier alpha value is -1.59. The maximum atomic E-state index is 12.2. The number of benzene rings is 1. The van der Waals surface area contributed by atoms with Crippen molar-refractivity contribution in [2.75, 3.05) is 32.0 Å². The number of nitrogens with one attached hydrogen (secondary N) is 1. The molecule has 1 aromatic carbocycles. The summed E-state index contributed by atoms with van der Waals surface area (Å²) in [5, 5.41) is 3.03. The largest absolute Gasteiger partial charge is 0.398 e. The number of carbonyl (C=O) groups is 1. The van der Waals surface area contributed by atoms with E-state index in [1.54, 1.807) is 12.1 Å². The summed E-state index contributed by atoms with van der Waals surface area (Å²) in [5.41, 5.74) is 6.87. The number of nitrogen functional groups attached to an aromatic ring is 1. The molecule has 0 spiro atoms. The Labute approximate surface area is 120 Å². The van der Waals surface area contributed by atoms with Crippen LogP contribution in [0.5, 0.6) is 0 Å². The predicted molar refractivity (Wildman–Crippen MR) is 79.6 cm³/mol. The number of hydrogen-bond acceptors (Lipinski definition) is 4. The van der Waals surface area contributed by atoms with Crippen molar-refractivity contribution in [3.05, 3.63) is 29.8 Å². The molecule has 3 N–H and O–H groups in total. The Kier molecular flexibility index (Phi) is 4.98. The first-order chi connectivity index (χ1) is 9.59. The Bertz CT molecular complexity index is 458. The zero-order valence-electron chi connectivity index (χ0n) is 12.1. The van der Waals surface area contributed by atoms with E-state index in [0.29, 0.717) is 11.3 Å². The molecule has 5 heteroatoms. The second-order valence-corrected chi connectivity index (χ2v) is 5.24. The molecule has 2 atom stereocenters. The highest BCUT2D eigenvalue weighted by molar-refractivity contribution is 5.99. The molecule has 1 heterocycles. The maximum Gasteiger partial charge on any atom is 0.253 e. The third kappa shape index (κ3) is 3.49. The van der Waals surface area contributed by atoms with Gasteiger partial charge in [0.25, 0.3) is 5.91 Å². The molecule has 1 aliphatic rings. The van der Waals surface area contributed by atoms with Crippen LogP contribution >= 0.6 is 0 Å². The average Bonchev–Trinajstić information content (AvgIpc) is 2.47. The molecule has 0 aliphatic carbocycles. The van der Waals surface area contributed by atoms with Crippen LogP contribution in [0.25, 0.3) is 0 Å². The summed E-state index contributed by atoms with van der Waals surface area (Å²) < 4.78 is 5.35. The van der Waals surface area contributed by atoms with Gasteiger partial charge in [-0.1, -0.05) is 12.1 Å². The highest BCUT2D eigenvalue weighted by atomic mass is 16.5. The van der Waals surface area contributed by atoms with Gasteiger partial charge in [0.2, 0.25) is 0 Å². The summed E-state index contributed by atoms with van der Waals surface area (Å²) in [6.45, 7) is 7.50. The second kappa shape index (κ2) is 6.72. The van der Waals surface area contributed by atoms with E-state index in [0.717, 1.165) is 26.3 Å². The maximum absolute atomic E-state index is 12.2. The van der Waals surface area contributed by atoms with Gasteiger partial charge in [0.05, 0.1) is 18.8 Å². The number of para-hydroxylation sites is 1. The van der Waals surface area contributed by atoms with Crippen molar-refractivity contribution in [3.8, 4) is 0 Å². The van der Waals surface area contributed by atoms with E-state index in [4.69, 9.17) is 10.5 Å². The lowest BCUT2D eigenvalue weighted by Crippen LogP contribution is -2.52. The van der Waals surface area contributed by atoms with E-state index in [9.17, 15) is 4.79 Å². The van der Waals surface area contributed by atoms with Crippen LogP contribution in [-0.4, -0.2) is 49.2 Å². The third-order valence-electron chi connectivity index (χ3n) is 3.91. The molecule has 2 unspecified atom stereocenters. The van der Waals surface area contributed by atoms with E-state index in [1.807, 2.05) is 19.1 Å². The van der Waals surface area contributed by atoms with E-state index in [2.05, 4.69) is 17.1 Å². The molecule has 20 heavy (non-hydrogen) atoms. The molecule has 1 aromatic rings. The summed E-state index contributed by atoms with van der Waals surface area (Å²) in [7, 11) is 0. The normalized spacial score (nSPS) is 19.3. The topological polar surface area (TPSA) is 67.6 Å². The fourth-order valence-electron chi connectivity index (χ4n) is 2.41. The summed E-state index contributed by atoms with van der Waals surface area (Å²) >= 11 is 0. The molecular weight excluding hydrogens is 254 g/mol. The number of nitrogens with zero attached hydrogens (tertiary/aromatic N) is 1. The molecule has 1 fully saturated rings. The number of amides is 1. The van der Waals surface area contributed by atoms with E-state index in [1.165, 1.54) is 0 Å². The number of nitrogens with two attached hydrogens (primary N) is 1. The van der Waals surface area contributed by atoms with Crippen LogP contribution in [0.2, 0.25) is 0 Å². The van der Waals surface area contributed by atoms with Crippen LogP contribution in [0.15, 0.2) is 24.3 Å². The molecule has 1 aliphatic heterocycles. The number of anilines is 1. The van der Waals surface area contributed by atoms with Crippen molar-refractivity contribution < 1.29 is 9.53 Å². The zero-order valence-corrected chi connectivity index (χ0v) is 12.1. The first kappa shape index (κ1) is 14.8. The molecule has 2 rings (SSSR count). The summed E-state index contributed by atoms with van der Waals surface area (Å²) in [4.78, 5) is 14.6. The van der Waals surface area contributed by atoms with Crippen molar-refractivity contribution >= 4 is 11.6 Å². The molecule has 1 saturated heterocycles. The van der Waals surface area contributed by atoms with Gasteiger partial charge >= 0.3 is 0 Å². The van der Waals surface area contributed by atoms with E-state index >= 15 is 0 Å². The van der Waals surface area contributed by atoms with Gasteiger partial charge in [-0.3, -0.25) is 9.69 Å². The molecule has 0 saturated carbocycles. The van der Waals surface area contributed by atoms with Gasteiger partial charge in [-0.15, -0.1) is 0 Å². The van der Waals surface area contributed by atoms with Crippen molar-refractivity contribution in [3.63, 3.8) is 0 Å². The Balaban J connectivity index is 1.95. The van der Waals surface area contributed by atoms with Crippen molar-refractivity contribution in [2.24, 2.45) is 0 Å². The minimum atomic E-state index is -0.115.